The molecule has 0 aromatic carbocycles. The van der Waals surface area contributed by atoms with E-state index in [0.29, 0.717) is 12.0 Å². The van der Waals surface area contributed by atoms with Gasteiger partial charge in [0.05, 0.1) is 0 Å². The summed E-state index contributed by atoms with van der Waals surface area (Å²) < 4.78 is 0. The largest absolute Gasteiger partial charge is 0.396 e. The summed E-state index contributed by atoms with van der Waals surface area (Å²) in [5.41, 5.74) is 6.15. The average Bonchev–Trinajstić information content (AvgIpc) is 2.68. The predicted octanol–water partition coefficient (Wildman–Crippen LogP) is -0.230. The molecule has 2 aliphatic rings. The van der Waals surface area contributed by atoms with Gasteiger partial charge in [-0.25, -0.2) is 0 Å². The minimum absolute atomic E-state index is 0.127. The Balaban J connectivity index is 2.00. The second kappa shape index (κ2) is 5.00. The average molecular weight is 227 g/mol. The molecular formula is C12H25N3O. The minimum Gasteiger partial charge on any atom is -0.396 e. The summed E-state index contributed by atoms with van der Waals surface area (Å²) >= 11 is 0. The number of piperidine rings is 1. The van der Waals surface area contributed by atoms with Crippen molar-refractivity contribution in [1.29, 1.82) is 0 Å². The van der Waals surface area contributed by atoms with Crippen molar-refractivity contribution in [2.45, 2.75) is 37.8 Å². The fraction of sp³-hybridized carbons (Fsp3) is 1.00. The van der Waals surface area contributed by atoms with Crippen LogP contribution in [0.5, 0.6) is 0 Å². The van der Waals surface area contributed by atoms with Crippen LogP contribution in [0.15, 0.2) is 0 Å². The van der Waals surface area contributed by atoms with Gasteiger partial charge in [-0.2, -0.15) is 0 Å². The van der Waals surface area contributed by atoms with E-state index in [-0.39, 0.29) is 12.1 Å². The van der Waals surface area contributed by atoms with Gasteiger partial charge in [-0.3, -0.25) is 0 Å². The summed E-state index contributed by atoms with van der Waals surface area (Å²) in [6.45, 7) is 6.74. The molecule has 2 heterocycles. The number of nitrogens with two attached hydrogens (primary N) is 1. The molecule has 4 atom stereocenters. The fourth-order valence-corrected chi connectivity index (χ4v) is 3.32. The second-order valence-electron chi connectivity index (χ2n) is 5.45. The van der Waals surface area contributed by atoms with E-state index in [9.17, 15) is 0 Å². The molecule has 0 aromatic heterocycles. The Morgan fingerprint density at radius 2 is 2.38 bits per heavy atom. The van der Waals surface area contributed by atoms with E-state index in [1.165, 1.54) is 26.1 Å². The van der Waals surface area contributed by atoms with E-state index in [0.717, 1.165) is 19.4 Å². The molecule has 2 rings (SSSR count). The topological polar surface area (TPSA) is 61.5 Å². The van der Waals surface area contributed by atoms with Gasteiger partial charge in [0.25, 0.3) is 0 Å². The number of fused-ring (bicyclic) bond motifs is 2. The van der Waals surface area contributed by atoms with Crippen LogP contribution in [0.2, 0.25) is 0 Å². The lowest BCUT2D eigenvalue weighted by atomic mass is 9.78. The van der Waals surface area contributed by atoms with Crippen LogP contribution in [0.4, 0.5) is 0 Å². The molecule has 4 heteroatoms. The van der Waals surface area contributed by atoms with E-state index in [1.807, 2.05) is 0 Å². The maximum absolute atomic E-state index is 8.97. The van der Waals surface area contributed by atoms with Gasteiger partial charge in [-0.05, 0) is 45.2 Å². The molecule has 0 radical (unpaired) electrons. The van der Waals surface area contributed by atoms with Crippen LogP contribution in [-0.4, -0.2) is 54.4 Å². The quantitative estimate of drug-likeness (QED) is 0.607. The molecule has 0 saturated carbocycles. The predicted molar refractivity (Wildman–Crippen MR) is 65.2 cm³/mol. The Hall–Kier alpha value is -0.160. The molecule has 2 bridgehead atoms. The molecular weight excluding hydrogens is 202 g/mol. The molecule has 4 nitrogen and oxygen atoms in total. The smallest absolute Gasteiger partial charge is 0.0445 e. The van der Waals surface area contributed by atoms with Gasteiger partial charge < -0.3 is 21.1 Å². The highest BCUT2D eigenvalue weighted by Gasteiger charge is 2.45. The van der Waals surface area contributed by atoms with Crippen LogP contribution in [0.3, 0.4) is 0 Å². The maximum Gasteiger partial charge on any atom is 0.0445 e. The zero-order chi connectivity index (χ0) is 11.6. The van der Waals surface area contributed by atoms with Crippen LogP contribution in [0.25, 0.3) is 0 Å². The summed E-state index contributed by atoms with van der Waals surface area (Å²) in [6, 6.07) is 0.362. The molecule has 16 heavy (non-hydrogen) atoms. The molecule has 4 unspecified atom stereocenters. The second-order valence-corrected chi connectivity index (χ2v) is 5.45. The van der Waals surface area contributed by atoms with Crippen molar-refractivity contribution in [3.63, 3.8) is 0 Å². The van der Waals surface area contributed by atoms with Crippen molar-refractivity contribution >= 4 is 0 Å². The summed E-state index contributed by atoms with van der Waals surface area (Å²) in [4.78, 5) is 2.54. The van der Waals surface area contributed by atoms with Crippen LogP contribution in [-0.2, 0) is 0 Å². The number of rotatable bonds is 5. The highest BCUT2D eigenvalue weighted by atomic mass is 16.3. The Morgan fingerprint density at radius 3 is 3.06 bits per heavy atom. The van der Waals surface area contributed by atoms with Gasteiger partial charge >= 0.3 is 0 Å². The summed E-state index contributed by atoms with van der Waals surface area (Å²) in [7, 11) is 0. The summed E-state index contributed by atoms with van der Waals surface area (Å²) in [5, 5.41) is 12.7. The lowest BCUT2D eigenvalue weighted by Gasteiger charge is -2.45. The van der Waals surface area contributed by atoms with Crippen molar-refractivity contribution in [3.05, 3.63) is 0 Å². The van der Waals surface area contributed by atoms with Crippen molar-refractivity contribution in [1.82, 2.24) is 10.2 Å². The Kier molecular flexibility index (Phi) is 3.85. The number of hydrogen-bond acceptors (Lipinski definition) is 4. The van der Waals surface area contributed by atoms with Gasteiger partial charge in [0.15, 0.2) is 0 Å². The number of nitrogens with zero attached hydrogens (tertiary/aromatic N) is 1. The maximum atomic E-state index is 8.97. The van der Waals surface area contributed by atoms with Crippen LogP contribution in [0.1, 0.15) is 26.2 Å². The van der Waals surface area contributed by atoms with E-state index >= 15 is 0 Å². The molecule has 2 aliphatic heterocycles. The molecule has 0 amide bonds. The molecule has 0 spiro atoms. The minimum atomic E-state index is 0.127. The van der Waals surface area contributed by atoms with Crippen LogP contribution < -0.4 is 11.1 Å². The first-order valence-electron chi connectivity index (χ1n) is 6.51. The Morgan fingerprint density at radius 1 is 1.56 bits per heavy atom. The standard InChI is InChI=1S/C12H25N3O/c1-10(3-7-16)14-12(9-13)4-6-15-5-2-11(12)8-15/h10-11,14,16H,2-9,13H2,1H3. The fourth-order valence-electron chi connectivity index (χ4n) is 3.32. The third kappa shape index (κ3) is 2.25. The van der Waals surface area contributed by atoms with E-state index in [4.69, 9.17) is 10.8 Å². The zero-order valence-corrected chi connectivity index (χ0v) is 10.3. The number of aliphatic hydroxyl groups excluding tert-OH is 1. The Bertz CT molecular complexity index is 236. The van der Waals surface area contributed by atoms with Crippen molar-refractivity contribution in [2.24, 2.45) is 11.7 Å². The molecule has 0 aromatic rings. The molecule has 2 fully saturated rings. The SMILES string of the molecule is CC(CCO)NC1(CN)CCN2CCC1C2. The van der Waals surface area contributed by atoms with E-state index in [1.54, 1.807) is 0 Å². The van der Waals surface area contributed by atoms with Gasteiger partial charge in [0.2, 0.25) is 0 Å². The highest BCUT2D eigenvalue weighted by molar-refractivity contribution is 5.04. The summed E-state index contributed by atoms with van der Waals surface area (Å²) in [6.07, 6.45) is 3.25. The molecule has 94 valence electrons. The van der Waals surface area contributed by atoms with Crippen molar-refractivity contribution in [2.75, 3.05) is 32.8 Å². The van der Waals surface area contributed by atoms with Crippen LogP contribution in [0, 0.1) is 5.92 Å². The van der Waals surface area contributed by atoms with Gasteiger partial charge in [0.1, 0.15) is 0 Å². The normalized spacial score (nSPS) is 39.9. The molecule has 0 aliphatic carbocycles. The number of nitrogens with one attached hydrogen (secondary N) is 1. The number of hydrogen-bond donors (Lipinski definition) is 3. The number of aliphatic hydroxyl groups is 1. The molecule has 4 N–H and O–H groups in total. The monoisotopic (exact) mass is 227 g/mol. The van der Waals surface area contributed by atoms with Crippen molar-refractivity contribution in [3.8, 4) is 0 Å². The van der Waals surface area contributed by atoms with Crippen molar-refractivity contribution < 1.29 is 5.11 Å². The van der Waals surface area contributed by atoms with E-state index < -0.39 is 0 Å². The highest BCUT2D eigenvalue weighted by Crippen LogP contribution is 2.35. The zero-order valence-electron chi connectivity index (χ0n) is 10.3. The lowest BCUT2D eigenvalue weighted by molar-refractivity contribution is 0.119. The third-order valence-corrected chi connectivity index (χ3v) is 4.39. The first kappa shape index (κ1) is 12.3. The van der Waals surface area contributed by atoms with E-state index in [2.05, 4.69) is 17.1 Å². The van der Waals surface area contributed by atoms with Gasteiger partial charge in [0, 0.05) is 31.3 Å². The van der Waals surface area contributed by atoms with Gasteiger partial charge in [-0.1, -0.05) is 0 Å². The van der Waals surface area contributed by atoms with Gasteiger partial charge in [-0.15, -0.1) is 0 Å². The first-order chi connectivity index (χ1) is 7.70. The Labute approximate surface area is 98.2 Å². The summed E-state index contributed by atoms with van der Waals surface area (Å²) in [5.74, 6) is 0.701. The third-order valence-electron chi connectivity index (χ3n) is 4.39. The lowest BCUT2D eigenvalue weighted by Crippen LogP contribution is -2.62. The molecule has 2 saturated heterocycles. The van der Waals surface area contributed by atoms with Crippen LogP contribution >= 0.6 is 0 Å². The first-order valence-corrected chi connectivity index (χ1v) is 6.51.